The summed E-state index contributed by atoms with van der Waals surface area (Å²) >= 11 is 0. The monoisotopic (exact) mass is 351 g/mol. The second-order valence-corrected chi connectivity index (χ2v) is 6.88. The molecule has 1 atom stereocenters. The Bertz CT molecular complexity index is 794. The molecule has 1 aliphatic heterocycles. The number of rotatable bonds is 6. The van der Waals surface area contributed by atoms with E-state index in [0.29, 0.717) is 17.9 Å². The number of fused-ring (bicyclic) bond motifs is 1. The first kappa shape index (κ1) is 17.9. The Kier molecular flexibility index (Phi) is 5.16. The highest BCUT2D eigenvalue weighted by Gasteiger charge is 2.39. The van der Waals surface area contributed by atoms with Crippen LogP contribution in [-0.4, -0.2) is 22.8 Å². The van der Waals surface area contributed by atoms with Gasteiger partial charge in [0.1, 0.15) is 0 Å². The summed E-state index contributed by atoms with van der Waals surface area (Å²) in [6.07, 6.45) is 1.11. The number of amides is 2. The molecule has 5 nitrogen and oxygen atoms in total. The number of benzene rings is 2. The third kappa shape index (κ3) is 3.67. The molecule has 0 aromatic heterocycles. The molecular formula is C21H21NO4. The summed E-state index contributed by atoms with van der Waals surface area (Å²) in [6, 6.07) is 16.1. The highest BCUT2D eigenvalue weighted by atomic mass is 16.7. The second-order valence-electron chi connectivity index (χ2n) is 6.88. The maximum absolute atomic E-state index is 12.7. The summed E-state index contributed by atoms with van der Waals surface area (Å²) in [6.45, 7) is 4.04. The summed E-state index contributed by atoms with van der Waals surface area (Å²) in [5.74, 6) is -1.90. The largest absolute Gasteiger partial charge is 0.336 e. The van der Waals surface area contributed by atoms with Crippen LogP contribution in [0.5, 0.6) is 0 Å². The molecule has 1 unspecified atom stereocenters. The van der Waals surface area contributed by atoms with Crippen LogP contribution < -0.4 is 0 Å². The molecular weight excluding hydrogens is 330 g/mol. The topological polar surface area (TPSA) is 63.7 Å². The number of carbonyl (C=O) groups is 3. The van der Waals surface area contributed by atoms with Crippen LogP contribution in [0.25, 0.3) is 0 Å². The Morgan fingerprint density at radius 3 is 2.00 bits per heavy atom. The predicted molar refractivity (Wildman–Crippen MR) is 96.1 cm³/mol. The third-order valence-corrected chi connectivity index (χ3v) is 4.35. The minimum Gasteiger partial charge on any atom is -0.329 e. The Labute approximate surface area is 152 Å². The van der Waals surface area contributed by atoms with Crippen molar-refractivity contribution in [2.24, 2.45) is 11.8 Å². The van der Waals surface area contributed by atoms with E-state index in [4.69, 9.17) is 4.84 Å². The summed E-state index contributed by atoms with van der Waals surface area (Å²) in [5.41, 5.74) is 1.53. The zero-order valence-electron chi connectivity index (χ0n) is 14.8. The Hall–Kier alpha value is -2.95. The van der Waals surface area contributed by atoms with Crippen molar-refractivity contribution in [2.45, 2.75) is 26.7 Å². The van der Waals surface area contributed by atoms with E-state index in [9.17, 15) is 14.4 Å². The lowest BCUT2D eigenvalue weighted by Crippen LogP contribution is -2.36. The molecule has 0 aliphatic carbocycles. The molecule has 0 spiro atoms. The predicted octanol–water partition coefficient (Wildman–Crippen LogP) is 3.65. The molecule has 2 aromatic carbocycles. The van der Waals surface area contributed by atoms with E-state index in [1.165, 1.54) is 0 Å². The highest BCUT2D eigenvalue weighted by molar-refractivity contribution is 6.20. The molecule has 0 N–H and O–H groups in total. The first-order valence-electron chi connectivity index (χ1n) is 8.71. The normalized spacial score (nSPS) is 14.5. The van der Waals surface area contributed by atoms with Gasteiger partial charge in [-0.1, -0.05) is 61.4 Å². The molecule has 0 bridgehead atoms. The lowest BCUT2D eigenvalue weighted by atomic mass is 9.91. The van der Waals surface area contributed by atoms with Crippen molar-refractivity contribution in [1.82, 2.24) is 5.06 Å². The number of nitrogens with zero attached hydrogens (tertiary/aromatic N) is 1. The minimum absolute atomic E-state index is 0.258. The lowest BCUT2D eigenvalue weighted by molar-refractivity contribution is -0.174. The van der Waals surface area contributed by atoms with Gasteiger partial charge < -0.3 is 4.84 Å². The zero-order valence-corrected chi connectivity index (χ0v) is 14.8. The van der Waals surface area contributed by atoms with Gasteiger partial charge in [0, 0.05) is 0 Å². The van der Waals surface area contributed by atoms with E-state index in [0.717, 1.165) is 5.56 Å². The Morgan fingerprint density at radius 2 is 1.46 bits per heavy atom. The van der Waals surface area contributed by atoms with Crippen LogP contribution in [0.4, 0.5) is 0 Å². The van der Waals surface area contributed by atoms with Gasteiger partial charge in [-0.15, -0.1) is 0 Å². The number of carbonyl (C=O) groups excluding carboxylic acids is 3. The van der Waals surface area contributed by atoms with Crippen LogP contribution in [0.1, 0.15) is 46.5 Å². The van der Waals surface area contributed by atoms with Crippen molar-refractivity contribution >= 4 is 17.8 Å². The van der Waals surface area contributed by atoms with E-state index in [1.807, 2.05) is 44.2 Å². The molecule has 0 saturated heterocycles. The molecule has 1 aliphatic rings. The van der Waals surface area contributed by atoms with Crippen molar-refractivity contribution in [2.75, 3.05) is 0 Å². The molecule has 1 heterocycles. The van der Waals surface area contributed by atoms with Gasteiger partial charge in [-0.05, 0) is 36.5 Å². The number of imide groups is 1. The fourth-order valence-corrected chi connectivity index (χ4v) is 3.15. The van der Waals surface area contributed by atoms with E-state index < -0.39 is 23.7 Å². The van der Waals surface area contributed by atoms with Crippen molar-refractivity contribution in [3.8, 4) is 0 Å². The van der Waals surface area contributed by atoms with Gasteiger partial charge in [-0.25, -0.2) is 4.79 Å². The SMILES string of the molecule is CC(C)CC(Cc1ccccc1)C(=O)ON1C(=O)c2ccccc2C1=O. The quantitative estimate of drug-likeness (QED) is 0.745. The van der Waals surface area contributed by atoms with Crippen molar-refractivity contribution in [3.05, 3.63) is 71.3 Å². The molecule has 2 amide bonds. The number of hydrogen-bond acceptors (Lipinski definition) is 4. The van der Waals surface area contributed by atoms with Gasteiger partial charge in [-0.3, -0.25) is 9.59 Å². The summed E-state index contributed by atoms with van der Waals surface area (Å²) in [7, 11) is 0. The van der Waals surface area contributed by atoms with Gasteiger partial charge in [0.05, 0.1) is 17.0 Å². The molecule has 0 fully saturated rings. The molecule has 3 rings (SSSR count). The second kappa shape index (κ2) is 7.52. The smallest absolute Gasteiger partial charge is 0.329 e. The number of hydroxylamine groups is 2. The molecule has 0 saturated carbocycles. The van der Waals surface area contributed by atoms with Crippen molar-refractivity contribution in [3.63, 3.8) is 0 Å². The highest BCUT2D eigenvalue weighted by Crippen LogP contribution is 2.25. The first-order valence-corrected chi connectivity index (χ1v) is 8.71. The van der Waals surface area contributed by atoms with Crippen LogP contribution in [0.15, 0.2) is 54.6 Å². The van der Waals surface area contributed by atoms with Gasteiger partial charge in [0.25, 0.3) is 11.8 Å². The van der Waals surface area contributed by atoms with Crippen molar-refractivity contribution < 1.29 is 19.2 Å². The summed E-state index contributed by atoms with van der Waals surface area (Å²) in [4.78, 5) is 42.7. The molecule has 5 heteroatoms. The third-order valence-electron chi connectivity index (χ3n) is 4.35. The van der Waals surface area contributed by atoms with Crippen LogP contribution >= 0.6 is 0 Å². The van der Waals surface area contributed by atoms with Gasteiger partial charge in [0.2, 0.25) is 0 Å². The summed E-state index contributed by atoms with van der Waals surface area (Å²) < 4.78 is 0. The molecule has 0 radical (unpaired) electrons. The van der Waals surface area contributed by atoms with E-state index >= 15 is 0 Å². The van der Waals surface area contributed by atoms with Gasteiger partial charge in [0.15, 0.2) is 0 Å². The number of hydrogen-bond donors (Lipinski definition) is 0. The van der Waals surface area contributed by atoms with Crippen LogP contribution in [0, 0.1) is 11.8 Å². The maximum Gasteiger partial charge on any atom is 0.336 e. The fourth-order valence-electron chi connectivity index (χ4n) is 3.15. The fraction of sp³-hybridized carbons (Fsp3) is 0.286. The summed E-state index contributed by atoms with van der Waals surface area (Å²) in [5, 5.41) is 0.589. The molecule has 2 aromatic rings. The Balaban J connectivity index is 1.76. The molecule has 26 heavy (non-hydrogen) atoms. The average Bonchev–Trinajstić information content (AvgIpc) is 2.87. The van der Waals surface area contributed by atoms with Crippen molar-refractivity contribution in [1.29, 1.82) is 0 Å². The zero-order chi connectivity index (χ0) is 18.7. The van der Waals surface area contributed by atoms with E-state index in [1.54, 1.807) is 24.3 Å². The van der Waals surface area contributed by atoms with E-state index in [-0.39, 0.29) is 17.0 Å². The standard InChI is InChI=1S/C21H21NO4/c1-14(2)12-16(13-15-8-4-3-5-9-15)21(25)26-22-19(23)17-10-6-7-11-18(17)20(22)24/h3-11,14,16H,12-13H2,1-2H3. The van der Waals surface area contributed by atoms with Gasteiger partial charge >= 0.3 is 5.97 Å². The maximum atomic E-state index is 12.7. The minimum atomic E-state index is -0.595. The van der Waals surface area contributed by atoms with Crippen LogP contribution in [-0.2, 0) is 16.1 Å². The Morgan fingerprint density at radius 1 is 0.923 bits per heavy atom. The lowest BCUT2D eigenvalue weighted by Gasteiger charge is -2.20. The van der Waals surface area contributed by atoms with Gasteiger partial charge in [-0.2, -0.15) is 0 Å². The van der Waals surface area contributed by atoms with Crippen LogP contribution in [0.3, 0.4) is 0 Å². The first-order chi connectivity index (χ1) is 12.5. The average molecular weight is 351 g/mol. The van der Waals surface area contributed by atoms with Crippen LogP contribution in [0.2, 0.25) is 0 Å². The molecule has 134 valence electrons. The van der Waals surface area contributed by atoms with E-state index in [2.05, 4.69) is 0 Å².